The molecule has 0 saturated carbocycles. The van der Waals surface area contributed by atoms with Crippen molar-refractivity contribution in [2.24, 2.45) is 0 Å². The third kappa shape index (κ3) is 3.20. The number of aromatic nitrogens is 2. The van der Waals surface area contributed by atoms with Crippen LogP contribution in [0.2, 0.25) is 0 Å². The Hall–Kier alpha value is -1.81. The minimum atomic E-state index is 0.167. The standard InChI is InChI=1S/C16H23N3O/c1-4-12-19-15(10-11-18-19)16(17-5-2)13-6-8-14(20-3)9-7-13/h6-11,16-17H,4-5,12H2,1-3H3. The van der Waals surface area contributed by atoms with Gasteiger partial charge in [0.05, 0.1) is 18.8 Å². The average Bonchev–Trinajstić information content (AvgIpc) is 2.93. The van der Waals surface area contributed by atoms with Gasteiger partial charge in [-0.05, 0) is 36.7 Å². The second-order valence-corrected chi connectivity index (χ2v) is 4.74. The molecule has 2 aromatic rings. The van der Waals surface area contributed by atoms with Gasteiger partial charge in [-0.1, -0.05) is 26.0 Å². The number of rotatable bonds is 7. The molecule has 0 aliphatic rings. The third-order valence-electron chi connectivity index (χ3n) is 3.34. The van der Waals surface area contributed by atoms with Crippen molar-refractivity contribution in [2.75, 3.05) is 13.7 Å². The maximum Gasteiger partial charge on any atom is 0.118 e. The van der Waals surface area contributed by atoms with Gasteiger partial charge in [0.1, 0.15) is 5.75 Å². The first-order valence-corrected chi connectivity index (χ1v) is 7.19. The van der Waals surface area contributed by atoms with Crippen molar-refractivity contribution in [3.05, 3.63) is 47.8 Å². The molecule has 0 fully saturated rings. The molecule has 2 rings (SSSR count). The molecule has 1 N–H and O–H groups in total. The van der Waals surface area contributed by atoms with Crippen molar-refractivity contribution in [2.45, 2.75) is 32.9 Å². The second kappa shape index (κ2) is 7.10. The number of nitrogens with one attached hydrogen (secondary N) is 1. The summed E-state index contributed by atoms with van der Waals surface area (Å²) in [5.41, 5.74) is 2.43. The average molecular weight is 273 g/mol. The molecule has 20 heavy (non-hydrogen) atoms. The normalized spacial score (nSPS) is 12.3. The fourth-order valence-electron chi connectivity index (χ4n) is 2.38. The molecule has 0 radical (unpaired) electrons. The molecule has 1 heterocycles. The van der Waals surface area contributed by atoms with Crippen LogP contribution in [-0.4, -0.2) is 23.4 Å². The van der Waals surface area contributed by atoms with E-state index in [1.807, 2.05) is 18.3 Å². The zero-order chi connectivity index (χ0) is 14.4. The van der Waals surface area contributed by atoms with Crippen LogP contribution < -0.4 is 10.1 Å². The van der Waals surface area contributed by atoms with Gasteiger partial charge in [-0.3, -0.25) is 4.68 Å². The van der Waals surface area contributed by atoms with E-state index >= 15 is 0 Å². The van der Waals surface area contributed by atoms with E-state index in [9.17, 15) is 0 Å². The van der Waals surface area contributed by atoms with Gasteiger partial charge < -0.3 is 10.1 Å². The van der Waals surface area contributed by atoms with Crippen LogP contribution in [0.3, 0.4) is 0 Å². The molecule has 0 bridgehead atoms. The van der Waals surface area contributed by atoms with E-state index in [0.717, 1.165) is 25.3 Å². The highest BCUT2D eigenvalue weighted by molar-refractivity contribution is 5.33. The predicted molar refractivity (Wildman–Crippen MR) is 81.0 cm³/mol. The summed E-state index contributed by atoms with van der Waals surface area (Å²) in [6.45, 7) is 6.15. The van der Waals surface area contributed by atoms with Gasteiger partial charge in [-0.25, -0.2) is 0 Å². The van der Waals surface area contributed by atoms with Crippen LogP contribution in [0.1, 0.15) is 37.6 Å². The van der Waals surface area contributed by atoms with Crippen molar-refractivity contribution in [1.82, 2.24) is 15.1 Å². The Morgan fingerprint density at radius 1 is 1.20 bits per heavy atom. The number of hydrogen-bond donors (Lipinski definition) is 1. The molecule has 4 nitrogen and oxygen atoms in total. The Morgan fingerprint density at radius 2 is 1.95 bits per heavy atom. The lowest BCUT2D eigenvalue weighted by molar-refractivity contribution is 0.414. The summed E-state index contributed by atoms with van der Waals surface area (Å²) < 4.78 is 7.30. The second-order valence-electron chi connectivity index (χ2n) is 4.74. The number of aryl methyl sites for hydroxylation is 1. The minimum Gasteiger partial charge on any atom is -0.497 e. The molecule has 0 spiro atoms. The summed E-state index contributed by atoms with van der Waals surface area (Å²) in [4.78, 5) is 0. The fourth-order valence-corrected chi connectivity index (χ4v) is 2.38. The third-order valence-corrected chi connectivity index (χ3v) is 3.34. The summed E-state index contributed by atoms with van der Waals surface area (Å²) in [7, 11) is 1.69. The first kappa shape index (κ1) is 14.6. The van der Waals surface area contributed by atoms with Crippen LogP contribution in [-0.2, 0) is 6.54 Å². The maximum absolute atomic E-state index is 5.22. The summed E-state index contributed by atoms with van der Waals surface area (Å²) in [5.74, 6) is 0.881. The Labute approximate surface area is 120 Å². The van der Waals surface area contributed by atoms with Gasteiger partial charge in [0, 0.05) is 12.7 Å². The molecular formula is C16H23N3O. The number of methoxy groups -OCH3 is 1. The van der Waals surface area contributed by atoms with E-state index in [0.29, 0.717) is 0 Å². The Bertz CT molecular complexity index is 519. The van der Waals surface area contributed by atoms with Gasteiger partial charge in [-0.15, -0.1) is 0 Å². The number of benzene rings is 1. The van der Waals surface area contributed by atoms with Crippen LogP contribution in [0.25, 0.3) is 0 Å². The lowest BCUT2D eigenvalue weighted by Crippen LogP contribution is -2.25. The quantitative estimate of drug-likeness (QED) is 0.843. The van der Waals surface area contributed by atoms with Crippen LogP contribution in [0.15, 0.2) is 36.5 Å². The molecule has 0 amide bonds. The number of ether oxygens (including phenoxy) is 1. The van der Waals surface area contributed by atoms with Crippen LogP contribution in [0.4, 0.5) is 0 Å². The Kier molecular flexibility index (Phi) is 5.18. The zero-order valence-corrected chi connectivity index (χ0v) is 12.5. The predicted octanol–water partition coefficient (Wildman–Crippen LogP) is 3.00. The largest absolute Gasteiger partial charge is 0.497 e. The van der Waals surface area contributed by atoms with Crippen molar-refractivity contribution < 1.29 is 4.74 Å². The van der Waals surface area contributed by atoms with Gasteiger partial charge in [-0.2, -0.15) is 5.10 Å². The van der Waals surface area contributed by atoms with Crippen molar-refractivity contribution in [3.8, 4) is 5.75 Å². The van der Waals surface area contributed by atoms with Gasteiger partial charge >= 0.3 is 0 Å². The molecule has 108 valence electrons. The summed E-state index contributed by atoms with van der Waals surface area (Å²) in [5, 5.41) is 7.96. The SMILES string of the molecule is CCCn1nccc1C(NCC)c1ccc(OC)cc1. The molecule has 1 atom stereocenters. The molecule has 0 aliphatic carbocycles. The molecule has 1 aromatic heterocycles. The van der Waals surface area contributed by atoms with E-state index in [4.69, 9.17) is 4.74 Å². The fraction of sp³-hybridized carbons (Fsp3) is 0.438. The van der Waals surface area contributed by atoms with Gasteiger partial charge in [0.15, 0.2) is 0 Å². The highest BCUT2D eigenvalue weighted by Gasteiger charge is 2.17. The van der Waals surface area contributed by atoms with E-state index in [1.54, 1.807) is 7.11 Å². The van der Waals surface area contributed by atoms with E-state index < -0.39 is 0 Å². The van der Waals surface area contributed by atoms with Crippen molar-refractivity contribution in [1.29, 1.82) is 0 Å². The van der Waals surface area contributed by atoms with Gasteiger partial charge in [0.25, 0.3) is 0 Å². The highest BCUT2D eigenvalue weighted by atomic mass is 16.5. The lowest BCUT2D eigenvalue weighted by Gasteiger charge is -2.20. The highest BCUT2D eigenvalue weighted by Crippen LogP contribution is 2.24. The molecule has 0 saturated heterocycles. The first-order chi connectivity index (χ1) is 9.80. The summed E-state index contributed by atoms with van der Waals surface area (Å²) in [6, 6.07) is 10.5. The van der Waals surface area contributed by atoms with E-state index in [2.05, 4.69) is 47.1 Å². The summed E-state index contributed by atoms with van der Waals surface area (Å²) >= 11 is 0. The van der Waals surface area contributed by atoms with Crippen molar-refractivity contribution in [3.63, 3.8) is 0 Å². The van der Waals surface area contributed by atoms with E-state index in [1.165, 1.54) is 11.3 Å². The van der Waals surface area contributed by atoms with Crippen LogP contribution >= 0.6 is 0 Å². The Morgan fingerprint density at radius 3 is 2.55 bits per heavy atom. The van der Waals surface area contributed by atoms with Crippen molar-refractivity contribution >= 4 is 0 Å². The van der Waals surface area contributed by atoms with Crippen LogP contribution in [0.5, 0.6) is 5.75 Å². The smallest absolute Gasteiger partial charge is 0.118 e. The monoisotopic (exact) mass is 273 g/mol. The number of hydrogen-bond acceptors (Lipinski definition) is 3. The Balaban J connectivity index is 2.31. The van der Waals surface area contributed by atoms with E-state index in [-0.39, 0.29) is 6.04 Å². The molecule has 1 unspecified atom stereocenters. The molecule has 4 heteroatoms. The van der Waals surface area contributed by atoms with Gasteiger partial charge in [0.2, 0.25) is 0 Å². The topological polar surface area (TPSA) is 39.1 Å². The lowest BCUT2D eigenvalue weighted by atomic mass is 10.0. The molecule has 1 aromatic carbocycles. The molecular weight excluding hydrogens is 250 g/mol. The summed E-state index contributed by atoms with van der Waals surface area (Å²) in [6.07, 6.45) is 2.95. The van der Waals surface area contributed by atoms with Crippen LogP contribution in [0, 0.1) is 0 Å². The first-order valence-electron chi connectivity index (χ1n) is 7.19. The number of nitrogens with zero attached hydrogens (tertiary/aromatic N) is 2. The maximum atomic E-state index is 5.22. The minimum absolute atomic E-state index is 0.167. The zero-order valence-electron chi connectivity index (χ0n) is 12.5. The molecule has 0 aliphatic heterocycles.